The minimum Gasteiger partial charge on any atom is -0.339 e. The van der Waals surface area contributed by atoms with E-state index >= 15 is 0 Å². The molecule has 3 rings (SSSR count). The first kappa shape index (κ1) is 13.9. The topological polar surface area (TPSA) is 51.0 Å². The molecule has 2 heterocycles. The maximum absolute atomic E-state index is 6.13. The van der Waals surface area contributed by atoms with Crippen molar-refractivity contribution in [2.75, 3.05) is 13.1 Å². The first-order valence-corrected chi connectivity index (χ1v) is 7.95. The number of nitrogens with zero attached hydrogens (tertiary/aromatic N) is 2. The van der Waals surface area contributed by atoms with Gasteiger partial charge in [0.05, 0.1) is 16.2 Å². The van der Waals surface area contributed by atoms with E-state index in [0.29, 0.717) is 5.75 Å². The van der Waals surface area contributed by atoms with Crippen LogP contribution in [0.25, 0.3) is 0 Å². The summed E-state index contributed by atoms with van der Waals surface area (Å²) in [7, 11) is 0. The van der Waals surface area contributed by atoms with Crippen molar-refractivity contribution >= 4 is 23.4 Å². The molecule has 1 fully saturated rings. The van der Waals surface area contributed by atoms with Gasteiger partial charge in [-0.3, -0.25) is 0 Å². The number of hydrogen-bond donors (Lipinski definition) is 1. The molecule has 106 valence electrons. The molecule has 1 aromatic heterocycles. The molecular formula is C14H16ClN3OS. The summed E-state index contributed by atoms with van der Waals surface area (Å²) in [5.41, 5.74) is -0.0275. The highest BCUT2D eigenvalue weighted by Crippen LogP contribution is 2.31. The summed E-state index contributed by atoms with van der Waals surface area (Å²) in [5, 5.41) is 8.17. The Labute approximate surface area is 127 Å². The van der Waals surface area contributed by atoms with Crippen LogP contribution in [0.15, 0.2) is 33.7 Å². The van der Waals surface area contributed by atoms with Gasteiger partial charge in [-0.1, -0.05) is 28.9 Å². The minimum absolute atomic E-state index is 0.0275. The van der Waals surface area contributed by atoms with E-state index in [1.54, 1.807) is 11.8 Å². The zero-order valence-corrected chi connectivity index (χ0v) is 12.8. The van der Waals surface area contributed by atoms with Gasteiger partial charge in [0, 0.05) is 11.4 Å². The van der Waals surface area contributed by atoms with Crippen molar-refractivity contribution < 1.29 is 4.52 Å². The largest absolute Gasteiger partial charge is 0.339 e. The number of thioether (sulfide) groups is 1. The fourth-order valence-electron chi connectivity index (χ4n) is 2.26. The summed E-state index contributed by atoms with van der Waals surface area (Å²) in [6, 6.07) is 7.78. The predicted molar refractivity (Wildman–Crippen MR) is 80.1 cm³/mol. The van der Waals surface area contributed by atoms with Crippen molar-refractivity contribution in [1.82, 2.24) is 15.5 Å². The lowest BCUT2D eigenvalue weighted by molar-refractivity contribution is 0.305. The number of halogens is 1. The van der Waals surface area contributed by atoms with Gasteiger partial charge in [0.15, 0.2) is 5.82 Å². The van der Waals surface area contributed by atoms with E-state index in [2.05, 4.69) is 22.4 Å². The van der Waals surface area contributed by atoms with Crippen molar-refractivity contribution in [3.63, 3.8) is 0 Å². The Kier molecular flexibility index (Phi) is 4.01. The Morgan fingerprint density at radius 2 is 2.30 bits per heavy atom. The molecule has 0 saturated carbocycles. The SMILES string of the molecule is CC1(c2nc(CSc3ccccc3Cl)no2)CCNC1. The van der Waals surface area contributed by atoms with Crippen LogP contribution in [0.5, 0.6) is 0 Å². The van der Waals surface area contributed by atoms with Crippen LogP contribution in [0.1, 0.15) is 25.1 Å². The molecular weight excluding hydrogens is 294 g/mol. The number of hydrogen-bond acceptors (Lipinski definition) is 5. The van der Waals surface area contributed by atoms with Crippen LogP contribution in [0.2, 0.25) is 5.02 Å². The quantitative estimate of drug-likeness (QED) is 0.879. The smallest absolute Gasteiger partial charge is 0.233 e. The van der Waals surface area contributed by atoms with Crippen LogP contribution in [-0.2, 0) is 11.2 Å². The van der Waals surface area contributed by atoms with Crippen LogP contribution in [0.3, 0.4) is 0 Å². The third kappa shape index (κ3) is 2.85. The number of benzene rings is 1. The lowest BCUT2D eigenvalue weighted by Crippen LogP contribution is -2.25. The second-order valence-electron chi connectivity index (χ2n) is 5.22. The van der Waals surface area contributed by atoms with Crippen LogP contribution in [-0.4, -0.2) is 23.2 Å². The van der Waals surface area contributed by atoms with Crippen molar-refractivity contribution in [3.05, 3.63) is 41.0 Å². The Hall–Kier alpha value is -1.04. The number of nitrogens with one attached hydrogen (secondary N) is 1. The van der Waals surface area contributed by atoms with Crippen LogP contribution < -0.4 is 5.32 Å². The van der Waals surface area contributed by atoms with E-state index in [4.69, 9.17) is 16.1 Å². The van der Waals surface area contributed by atoms with Gasteiger partial charge < -0.3 is 9.84 Å². The van der Waals surface area contributed by atoms with E-state index in [9.17, 15) is 0 Å². The van der Waals surface area contributed by atoms with Gasteiger partial charge in [-0.15, -0.1) is 11.8 Å². The van der Waals surface area contributed by atoms with E-state index in [0.717, 1.165) is 41.1 Å². The fraction of sp³-hybridized carbons (Fsp3) is 0.429. The summed E-state index contributed by atoms with van der Waals surface area (Å²) in [6.45, 7) is 4.06. The van der Waals surface area contributed by atoms with Gasteiger partial charge in [0.2, 0.25) is 5.89 Å². The highest BCUT2D eigenvalue weighted by molar-refractivity contribution is 7.98. The molecule has 20 heavy (non-hydrogen) atoms. The molecule has 2 aromatic rings. The Balaban J connectivity index is 1.67. The van der Waals surface area contributed by atoms with Crippen LogP contribution >= 0.6 is 23.4 Å². The fourth-order valence-corrected chi connectivity index (χ4v) is 3.34. The van der Waals surface area contributed by atoms with Crippen molar-refractivity contribution in [1.29, 1.82) is 0 Å². The van der Waals surface area contributed by atoms with Crippen molar-refractivity contribution in [3.8, 4) is 0 Å². The van der Waals surface area contributed by atoms with E-state index < -0.39 is 0 Å². The predicted octanol–water partition coefficient (Wildman–Crippen LogP) is 3.27. The lowest BCUT2D eigenvalue weighted by atomic mass is 9.90. The van der Waals surface area contributed by atoms with Crippen LogP contribution in [0, 0.1) is 0 Å². The van der Waals surface area contributed by atoms with Crippen molar-refractivity contribution in [2.45, 2.75) is 29.4 Å². The normalized spacial score (nSPS) is 22.3. The minimum atomic E-state index is -0.0275. The monoisotopic (exact) mass is 309 g/mol. The van der Waals surface area contributed by atoms with Gasteiger partial charge in [0.25, 0.3) is 0 Å². The molecule has 1 aliphatic rings. The third-order valence-corrected chi connectivity index (χ3v) is 5.06. The Bertz CT molecular complexity index is 596. The van der Waals surface area contributed by atoms with Gasteiger partial charge in [-0.05, 0) is 32.0 Å². The molecule has 0 amide bonds. The maximum Gasteiger partial charge on any atom is 0.233 e. The highest BCUT2D eigenvalue weighted by atomic mass is 35.5. The average molecular weight is 310 g/mol. The highest BCUT2D eigenvalue weighted by Gasteiger charge is 2.36. The second kappa shape index (κ2) is 5.76. The summed E-state index contributed by atoms with van der Waals surface area (Å²) >= 11 is 7.75. The molecule has 1 saturated heterocycles. The average Bonchev–Trinajstić information content (AvgIpc) is 3.08. The first-order chi connectivity index (χ1) is 9.67. The molecule has 1 aromatic carbocycles. The zero-order chi connectivity index (χ0) is 14.0. The summed E-state index contributed by atoms with van der Waals surface area (Å²) < 4.78 is 5.42. The molecule has 6 heteroatoms. The second-order valence-corrected chi connectivity index (χ2v) is 6.65. The lowest BCUT2D eigenvalue weighted by Gasteiger charge is -2.15. The number of rotatable bonds is 4. The zero-order valence-electron chi connectivity index (χ0n) is 11.2. The van der Waals surface area contributed by atoms with Gasteiger partial charge >= 0.3 is 0 Å². The third-order valence-electron chi connectivity index (χ3n) is 3.55. The molecule has 4 nitrogen and oxygen atoms in total. The molecule has 0 spiro atoms. The van der Waals surface area contributed by atoms with E-state index in [1.165, 1.54) is 0 Å². The van der Waals surface area contributed by atoms with E-state index in [-0.39, 0.29) is 5.41 Å². The van der Waals surface area contributed by atoms with Gasteiger partial charge in [-0.25, -0.2) is 0 Å². The first-order valence-electron chi connectivity index (χ1n) is 6.58. The Morgan fingerprint density at radius 3 is 3.05 bits per heavy atom. The molecule has 0 radical (unpaired) electrons. The molecule has 1 unspecified atom stereocenters. The Morgan fingerprint density at radius 1 is 1.45 bits per heavy atom. The summed E-state index contributed by atoms with van der Waals surface area (Å²) in [5.74, 6) is 2.12. The van der Waals surface area contributed by atoms with Gasteiger partial charge in [-0.2, -0.15) is 4.98 Å². The molecule has 1 N–H and O–H groups in total. The molecule has 0 bridgehead atoms. The van der Waals surface area contributed by atoms with E-state index in [1.807, 2.05) is 24.3 Å². The maximum atomic E-state index is 6.13. The summed E-state index contributed by atoms with van der Waals surface area (Å²) in [4.78, 5) is 5.56. The number of aromatic nitrogens is 2. The van der Waals surface area contributed by atoms with Gasteiger partial charge in [0.1, 0.15) is 0 Å². The molecule has 1 atom stereocenters. The molecule has 0 aliphatic carbocycles. The summed E-state index contributed by atoms with van der Waals surface area (Å²) in [6.07, 6.45) is 1.03. The standard InChI is InChI=1S/C14H16ClN3OS/c1-14(6-7-16-9-14)13-17-12(18-19-13)8-20-11-5-3-2-4-10(11)15/h2-5,16H,6-9H2,1H3. The molecule has 1 aliphatic heterocycles. The van der Waals surface area contributed by atoms with Crippen LogP contribution in [0.4, 0.5) is 0 Å². The van der Waals surface area contributed by atoms with Crippen molar-refractivity contribution in [2.24, 2.45) is 0 Å².